The van der Waals surface area contributed by atoms with E-state index in [-0.39, 0.29) is 0 Å². The summed E-state index contributed by atoms with van der Waals surface area (Å²) >= 11 is 0. The molecule has 0 radical (unpaired) electrons. The Morgan fingerprint density at radius 3 is 0.677 bits per heavy atom. The summed E-state index contributed by atoms with van der Waals surface area (Å²) in [4.78, 5) is 8.87. The van der Waals surface area contributed by atoms with Crippen LogP contribution in [0.15, 0.2) is 340 Å². The summed E-state index contributed by atoms with van der Waals surface area (Å²) in [5, 5.41) is 14.9. The molecule has 0 amide bonds. The third kappa shape index (κ3) is 8.09. The first kappa shape index (κ1) is 53.6. The predicted octanol–water partition coefficient (Wildman–Crippen LogP) is 22.4. The van der Waals surface area contributed by atoms with Crippen LogP contribution in [-0.2, 0) is 0 Å². The van der Waals surface area contributed by atoms with Gasteiger partial charge in [0.05, 0.1) is 78.1 Å². The zero-order chi connectivity index (χ0) is 63.0. The minimum atomic E-state index is 1.05. The van der Waals surface area contributed by atoms with Gasteiger partial charge in [0.25, 0.3) is 0 Å². The number of fused-ring (bicyclic) bond motifs is 18. The van der Waals surface area contributed by atoms with Crippen molar-refractivity contribution >= 4 is 131 Å². The molecule has 0 fully saturated rings. The molecular weight excluding hydrogens is 1170 g/mol. The highest BCUT2D eigenvalue weighted by Gasteiger charge is 2.22. The topological polar surface area (TPSA) is 55.4 Å². The number of aromatic nitrogens is 8. The number of hydrogen-bond acceptors (Lipinski definition) is 2. The van der Waals surface area contributed by atoms with E-state index in [1.54, 1.807) is 0 Å². The van der Waals surface area contributed by atoms with Crippen molar-refractivity contribution in [3.63, 3.8) is 0 Å². The summed E-state index contributed by atoms with van der Waals surface area (Å²) in [7, 11) is 0. The molecule has 96 heavy (non-hydrogen) atoms. The van der Waals surface area contributed by atoms with Crippen molar-refractivity contribution in [1.82, 2.24) is 37.4 Å². The standard InChI is InChI=1S/C47H30N4.C41H26N4/c1-5-18-42-36(14-1)37-15-2-6-19-43(37)50(42)34-22-24-46-40(28-34)41-29-35(51-44-20-7-3-16-38(44)39-17-4-8-21-45(39)51)23-25-47(41)49(46)33-13-9-11-31(27-33)32-12-10-26-48-30-32;1-5-15-36-30(11-1)31-12-2-6-16-37(31)43(36)27-19-21-40-34(24-27)35-25-28(20-22-41(35)45(40)29-10-9-23-42-26-29)44-38-17-7-3-13-32(38)33-14-4-8-18-39(33)44/h1-30H;1-26H. The Hall–Kier alpha value is -13.0. The van der Waals surface area contributed by atoms with Crippen molar-refractivity contribution in [2.24, 2.45) is 0 Å². The number of rotatable bonds is 7. The monoisotopic (exact) mass is 1220 g/mol. The molecule has 0 saturated carbocycles. The van der Waals surface area contributed by atoms with Gasteiger partial charge >= 0.3 is 0 Å². The van der Waals surface area contributed by atoms with Crippen LogP contribution in [0.4, 0.5) is 0 Å². The Morgan fingerprint density at radius 1 is 0.156 bits per heavy atom. The molecule has 0 aliphatic heterocycles. The lowest BCUT2D eigenvalue weighted by molar-refractivity contribution is 1.13. The van der Waals surface area contributed by atoms with Crippen molar-refractivity contribution in [1.29, 1.82) is 0 Å². The molecule has 0 saturated heterocycles. The second-order valence-electron chi connectivity index (χ2n) is 25.0. The molecule has 8 heteroatoms. The van der Waals surface area contributed by atoms with Crippen LogP contribution in [0.5, 0.6) is 0 Å². The maximum atomic E-state index is 4.48. The summed E-state index contributed by atoms with van der Waals surface area (Å²) in [6.45, 7) is 0. The van der Waals surface area contributed by atoms with Gasteiger partial charge in [-0.2, -0.15) is 0 Å². The van der Waals surface area contributed by atoms with E-state index >= 15 is 0 Å². The third-order valence-corrected chi connectivity index (χ3v) is 19.8. The van der Waals surface area contributed by atoms with Crippen molar-refractivity contribution < 1.29 is 0 Å². The molecule has 21 aromatic rings. The Bertz CT molecular complexity index is 6160. The van der Waals surface area contributed by atoms with Gasteiger partial charge in [-0.25, -0.2) is 0 Å². The number of pyridine rings is 2. The zero-order valence-corrected chi connectivity index (χ0v) is 51.9. The van der Waals surface area contributed by atoms with E-state index in [1.807, 2.05) is 36.9 Å². The summed E-state index contributed by atoms with van der Waals surface area (Å²) < 4.78 is 14.4. The molecule has 21 rings (SSSR count). The quantitative estimate of drug-likeness (QED) is 0.160. The number of nitrogens with zero attached hydrogens (tertiary/aromatic N) is 8. The molecule has 0 atom stereocenters. The van der Waals surface area contributed by atoms with Crippen LogP contribution in [-0.4, -0.2) is 37.4 Å². The lowest BCUT2D eigenvalue weighted by atomic mass is 10.1. The average Bonchev–Trinajstić information content (AvgIpc) is 1.58. The van der Waals surface area contributed by atoms with E-state index in [9.17, 15) is 0 Å². The van der Waals surface area contributed by atoms with Gasteiger partial charge in [0.15, 0.2) is 0 Å². The lowest BCUT2D eigenvalue weighted by Crippen LogP contribution is -1.96. The summed E-state index contributed by atoms with van der Waals surface area (Å²) in [5.74, 6) is 0. The van der Waals surface area contributed by atoms with Gasteiger partial charge in [-0.15, -0.1) is 0 Å². The zero-order valence-electron chi connectivity index (χ0n) is 51.9. The van der Waals surface area contributed by atoms with E-state index in [1.165, 1.54) is 109 Å². The van der Waals surface area contributed by atoms with E-state index in [0.29, 0.717) is 0 Å². The first-order valence-corrected chi connectivity index (χ1v) is 32.7. The maximum Gasteiger partial charge on any atom is 0.0645 e. The van der Waals surface area contributed by atoms with Gasteiger partial charge in [0.2, 0.25) is 0 Å². The Morgan fingerprint density at radius 2 is 0.396 bits per heavy atom. The summed E-state index contributed by atoms with van der Waals surface area (Å²) in [5.41, 5.74) is 23.3. The van der Waals surface area contributed by atoms with Crippen LogP contribution in [0.1, 0.15) is 0 Å². The van der Waals surface area contributed by atoms with Crippen LogP contribution < -0.4 is 0 Å². The molecule has 0 spiro atoms. The molecule has 448 valence electrons. The number of para-hydroxylation sites is 8. The normalized spacial score (nSPS) is 12.0. The largest absolute Gasteiger partial charge is 0.309 e. The van der Waals surface area contributed by atoms with Gasteiger partial charge in [0.1, 0.15) is 0 Å². The van der Waals surface area contributed by atoms with Gasteiger partial charge in [0, 0.05) is 117 Å². The van der Waals surface area contributed by atoms with E-state index in [0.717, 1.165) is 67.3 Å². The van der Waals surface area contributed by atoms with E-state index < -0.39 is 0 Å². The Balaban J connectivity index is 0.000000132. The molecule has 13 aromatic carbocycles. The third-order valence-electron chi connectivity index (χ3n) is 19.8. The van der Waals surface area contributed by atoms with Crippen molar-refractivity contribution in [2.75, 3.05) is 0 Å². The minimum Gasteiger partial charge on any atom is -0.309 e. The Labute approximate surface area is 550 Å². The van der Waals surface area contributed by atoms with Crippen LogP contribution in [0.3, 0.4) is 0 Å². The fourth-order valence-corrected chi connectivity index (χ4v) is 15.8. The maximum absolute atomic E-state index is 4.48. The van der Waals surface area contributed by atoms with Crippen molar-refractivity contribution in [3.8, 4) is 45.3 Å². The SMILES string of the molecule is c1cncc(-c2cccc(-n3c4ccc(-n5c6ccccc6c6ccccc65)cc4c4cc(-n5c6ccccc6c6ccccc65)ccc43)c2)c1.c1cncc(-n2c3ccc(-n4c5ccccc5c5ccccc54)cc3c3cc(-n4c5ccccc5c5ccccc54)ccc32)c1. The molecule has 8 nitrogen and oxygen atoms in total. The van der Waals surface area contributed by atoms with Gasteiger partial charge in [-0.3, -0.25) is 9.97 Å². The molecule has 0 aliphatic rings. The molecule has 0 N–H and O–H groups in total. The highest BCUT2D eigenvalue weighted by Crippen LogP contribution is 2.43. The van der Waals surface area contributed by atoms with Gasteiger partial charge in [-0.1, -0.05) is 164 Å². The first-order chi connectivity index (χ1) is 47.7. The van der Waals surface area contributed by atoms with Crippen LogP contribution in [0, 0.1) is 0 Å². The summed E-state index contributed by atoms with van der Waals surface area (Å²) in [6, 6.07) is 114. The van der Waals surface area contributed by atoms with Crippen LogP contribution >= 0.6 is 0 Å². The highest BCUT2D eigenvalue weighted by molar-refractivity contribution is 6.17. The second-order valence-corrected chi connectivity index (χ2v) is 25.0. The van der Waals surface area contributed by atoms with Gasteiger partial charge in [-0.05, 0) is 157 Å². The van der Waals surface area contributed by atoms with E-state index in [4.69, 9.17) is 0 Å². The lowest BCUT2D eigenvalue weighted by Gasteiger charge is -2.12. The average molecular weight is 1230 g/mol. The fourth-order valence-electron chi connectivity index (χ4n) is 15.8. The minimum absolute atomic E-state index is 1.05. The number of hydrogen-bond donors (Lipinski definition) is 0. The first-order valence-electron chi connectivity index (χ1n) is 32.7. The van der Waals surface area contributed by atoms with Crippen molar-refractivity contribution in [3.05, 3.63) is 340 Å². The molecule has 8 aromatic heterocycles. The van der Waals surface area contributed by atoms with E-state index in [2.05, 4.69) is 341 Å². The fraction of sp³-hybridized carbons (Fsp3) is 0. The molecule has 0 bridgehead atoms. The molecule has 0 aliphatic carbocycles. The van der Waals surface area contributed by atoms with Crippen LogP contribution in [0.2, 0.25) is 0 Å². The predicted molar refractivity (Wildman–Crippen MR) is 400 cm³/mol. The molecule has 8 heterocycles. The molecule has 0 unspecified atom stereocenters. The van der Waals surface area contributed by atoms with Crippen molar-refractivity contribution in [2.45, 2.75) is 0 Å². The Kier molecular flexibility index (Phi) is 11.9. The highest BCUT2D eigenvalue weighted by atomic mass is 15.0. The number of benzene rings is 13. The second kappa shape index (κ2) is 21.3. The summed E-state index contributed by atoms with van der Waals surface area (Å²) in [6.07, 6.45) is 7.53. The smallest absolute Gasteiger partial charge is 0.0645 e. The van der Waals surface area contributed by atoms with Gasteiger partial charge < -0.3 is 27.4 Å². The molecular formula is C88H56N8. The van der Waals surface area contributed by atoms with Crippen LogP contribution in [0.25, 0.3) is 176 Å².